The highest BCUT2D eigenvalue weighted by Gasteiger charge is 2.26. The molecule has 2 rings (SSSR count). The number of quaternary nitrogens is 1. The Labute approximate surface area is 132 Å². The SMILES string of the molecule is CN(C)c1ccc(N=NC2N(C)C=N[NH+]2C)cc1.F[B-](F)(F)F. The second-order valence-corrected chi connectivity index (χ2v) is 5.05. The van der Waals surface area contributed by atoms with Gasteiger partial charge in [0.05, 0.1) is 12.7 Å². The molecule has 2 atom stereocenters. The number of nitrogens with one attached hydrogen (secondary N) is 1. The van der Waals surface area contributed by atoms with Crippen molar-refractivity contribution in [2.75, 3.05) is 33.1 Å². The van der Waals surface area contributed by atoms with Gasteiger partial charge in [0.25, 0.3) is 0 Å². The molecular weight excluding hydrogens is 315 g/mol. The zero-order chi connectivity index (χ0) is 17.6. The van der Waals surface area contributed by atoms with Gasteiger partial charge in [0.2, 0.25) is 0 Å². The van der Waals surface area contributed by atoms with Crippen molar-refractivity contribution in [1.29, 1.82) is 0 Å². The maximum Gasteiger partial charge on any atom is 0.673 e. The highest BCUT2D eigenvalue weighted by atomic mass is 19.5. The normalized spacial score (nSPS) is 20.6. The van der Waals surface area contributed by atoms with Crippen molar-refractivity contribution in [1.82, 2.24) is 4.90 Å². The lowest BCUT2D eigenvalue weighted by Gasteiger charge is -2.14. The van der Waals surface area contributed by atoms with Crippen LogP contribution in [0.5, 0.6) is 0 Å². The number of anilines is 1. The van der Waals surface area contributed by atoms with Crippen LogP contribution in [0, 0.1) is 0 Å². The van der Waals surface area contributed by atoms with Gasteiger partial charge in [0.1, 0.15) is 0 Å². The third kappa shape index (κ3) is 7.09. The van der Waals surface area contributed by atoms with E-state index >= 15 is 0 Å². The number of nitrogens with zero attached hydrogens (tertiary/aromatic N) is 5. The molecule has 0 saturated heterocycles. The lowest BCUT2D eigenvalue weighted by Crippen LogP contribution is -3.07. The molecule has 23 heavy (non-hydrogen) atoms. The summed E-state index contributed by atoms with van der Waals surface area (Å²) in [5, 5.41) is 13.7. The van der Waals surface area contributed by atoms with Gasteiger partial charge in [-0.05, 0) is 24.3 Å². The minimum Gasteiger partial charge on any atom is -0.418 e. The van der Waals surface area contributed by atoms with Crippen LogP contribution in [0.1, 0.15) is 0 Å². The first-order chi connectivity index (χ1) is 10.6. The standard InChI is InChI=1S/C12H18N6.BF4/c1-16(2)11-7-5-10(6-8-11)14-15-12-17(3)9-13-18(12)4;2-1(3,4)5/h5-9,12H,1-4H3;/q;-1/p+1. The maximum atomic E-state index is 9.75. The predicted octanol–water partition coefficient (Wildman–Crippen LogP) is 1.82. The number of azo groups is 1. The molecule has 0 bridgehead atoms. The van der Waals surface area contributed by atoms with Gasteiger partial charge in [-0.25, -0.2) is 0 Å². The van der Waals surface area contributed by atoms with E-state index in [0.717, 1.165) is 16.4 Å². The lowest BCUT2D eigenvalue weighted by atomic mass is 10.3. The Morgan fingerprint density at radius 2 is 1.70 bits per heavy atom. The summed E-state index contributed by atoms with van der Waals surface area (Å²) in [5.41, 5.74) is 2.01. The Balaban J connectivity index is 0.000000463. The van der Waals surface area contributed by atoms with Gasteiger partial charge in [-0.1, -0.05) is 5.10 Å². The predicted molar refractivity (Wildman–Crippen MR) is 82.4 cm³/mol. The molecule has 1 heterocycles. The minimum absolute atomic E-state index is 0.0708. The number of benzene rings is 1. The Morgan fingerprint density at radius 3 is 2.09 bits per heavy atom. The van der Waals surface area contributed by atoms with Crippen LogP contribution in [-0.2, 0) is 0 Å². The summed E-state index contributed by atoms with van der Waals surface area (Å²) in [6.07, 6.45) is 1.70. The molecule has 0 aromatic heterocycles. The van der Waals surface area contributed by atoms with Gasteiger partial charge in [0.15, 0.2) is 6.34 Å². The van der Waals surface area contributed by atoms with Gasteiger partial charge in [-0.15, -0.1) is 10.2 Å². The molecule has 0 radical (unpaired) electrons. The second kappa shape index (κ2) is 7.91. The number of hydrogen-bond acceptors (Lipinski definition) is 5. The molecule has 11 heteroatoms. The first-order valence-corrected chi connectivity index (χ1v) is 6.73. The zero-order valence-corrected chi connectivity index (χ0v) is 13.3. The van der Waals surface area contributed by atoms with Gasteiger partial charge in [-0.3, -0.25) is 4.90 Å². The molecule has 1 aliphatic heterocycles. The van der Waals surface area contributed by atoms with Crippen LogP contribution in [-0.4, -0.2) is 53.0 Å². The van der Waals surface area contributed by atoms with Crippen molar-refractivity contribution >= 4 is 25.0 Å². The summed E-state index contributed by atoms with van der Waals surface area (Å²) < 4.78 is 39.0. The third-order valence-electron chi connectivity index (χ3n) is 2.85. The molecule has 0 amide bonds. The van der Waals surface area contributed by atoms with Crippen LogP contribution in [0.2, 0.25) is 0 Å². The quantitative estimate of drug-likeness (QED) is 0.521. The summed E-state index contributed by atoms with van der Waals surface area (Å²) >= 11 is 0. The Morgan fingerprint density at radius 1 is 1.17 bits per heavy atom. The van der Waals surface area contributed by atoms with E-state index in [1.54, 1.807) is 6.34 Å². The number of rotatable bonds is 3. The number of halogens is 4. The van der Waals surface area contributed by atoms with Gasteiger partial charge in [-0.2, -0.15) is 5.01 Å². The van der Waals surface area contributed by atoms with E-state index in [0.29, 0.717) is 0 Å². The summed E-state index contributed by atoms with van der Waals surface area (Å²) in [6.45, 7) is 0. The fraction of sp³-hybridized carbons (Fsp3) is 0.417. The van der Waals surface area contributed by atoms with E-state index in [2.05, 4.69) is 20.2 Å². The van der Waals surface area contributed by atoms with Gasteiger partial charge >= 0.3 is 13.5 Å². The minimum atomic E-state index is -6.00. The fourth-order valence-electron chi connectivity index (χ4n) is 1.71. The molecule has 0 spiro atoms. The molecule has 2 unspecified atom stereocenters. The molecule has 1 aromatic rings. The highest BCUT2D eigenvalue weighted by molar-refractivity contribution is 6.50. The Hall–Kier alpha value is -2.17. The summed E-state index contributed by atoms with van der Waals surface area (Å²) in [5.74, 6) is 0. The van der Waals surface area contributed by atoms with Crippen molar-refractivity contribution in [3.8, 4) is 0 Å². The van der Waals surface area contributed by atoms with Gasteiger partial charge in [0, 0.05) is 26.8 Å². The third-order valence-corrected chi connectivity index (χ3v) is 2.85. The maximum absolute atomic E-state index is 9.75. The number of hydrogen-bond donors (Lipinski definition) is 1. The average Bonchev–Trinajstić information content (AvgIpc) is 2.74. The molecule has 6 nitrogen and oxygen atoms in total. The van der Waals surface area contributed by atoms with E-state index < -0.39 is 7.25 Å². The molecule has 0 fully saturated rings. The van der Waals surface area contributed by atoms with E-state index in [-0.39, 0.29) is 6.29 Å². The molecule has 1 aliphatic rings. The summed E-state index contributed by atoms with van der Waals surface area (Å²) in [4.78, 5) is 3.99. The van der Waals surface area contributed by atoms with Crippen LogP contribution in [0.15, 0.2) is 39.6 Å². The molecule has 128 valence electrons. The Bertz CT molecular complexity index is 527. The lowest BCUT2D eigenvalue weighted by molar-refractivity contribution is -0.914. The van der Waals surface area contributed by atoms with E-state index in [1.165, 1.54) is 0 Å². The Kier molecular flexibility index (Phi) is 6.49. The summed E-state index contributed by atoms with van der Waals surface area (Å²) in [6, 6.07) is 7.98. The van der Waals surface area contributed by atoms with Crippen molar-refractivity contribution in [2.45, 2.75) is 6.29 Å². The van der Waals surface area contributed by atoms with Crippen LogP contribution in [0.4, 0.5) is 28.6 Å². The van der Waals surface area contributed by atoms with E-state index in [1.807, 2.05) is 57.4 Å². The van der Waals surface area contributed by atoms with Crippen molar-refractivity contribution in [2.24, 2.45) is 15.3 Å². The molecule has 0 saturated carbocycles. The van der Waals surface area contributed by atoms with Crippen molar-refractivity contribution < 1.29 is 22.3 Å². The molecular formula is C12H19BF4N6. The monoisotopic (exact) mass is 334 g/mol. The van der Waals surface area contributed by atoms with Crippen LogP contribution >= 0.6 is 0 Å². The van der Waals surface area contributed by atoms with Crippen molar-refractivity contribution in [3.05, 3.63) is 24.3 Å². The summed E-state index contributed by atoms with van der Waals surface area (Å²) in [7, 11) is 1.93. The van der Waals surface area contributed by atoms with Crippen molar-refractivity contribution in [3.63, 3.8) is 0 Å². The topological polar surface area (TPSA) is 48.0 Å². The van der Waals surface area contributed by atoms with E-state index in [9.17, 15) is 17.3 Å². The average molecular weight is 334 g/mol. The smallest absolute Gasteiger partial charge is 0.418 e. The molecule has 1 N–H and O–H groups in total. The molecule has 0 aliphatic carbocycles. The van der Waals surface area contributed by atoms with Crippen LogP contribution < -0.4 is 9.91 Å². The molecule has 1 aromatic carbocycles. The first kappa shape index (κ1) is 18.9. The highest BCUT2D eigenvalue weighted by Crippen LogP contribution is 2.18. The largest absolute Gasteiger partial charge is 0.673 e. The van der Waals surface area contributed by atoms with Crippen LogP contribution in [0.3, 0.4) is 0 Å². The zero-order valence-electron chi connectivity index (χ0n) is 13.3. The van der Waals surface area contributed by atoms with Gasteiger partial charge < -0.3 is 22.2 Å². The first-order valence-electron chi connectivity index (χ1n) is 6.73. The second-order valence-electron chi connectivity index (χ2n) is 5.05. The fourth-order valence-corrected chi connectivity index (χ4v) is 1.71. The van der Waals surface area contributed by atoms with E-state index in [4.69, 9.17) is 0 Å². The van der Waals surface area contributed by atoms with Crippen LogP contribution in [0.25, 0.3) is 0 Å².